The monoisotopic (exact) mass is 341 g/mol. The molecule has 2 N–H and O–H groups in total. The summed E-state index contributed by atoms with van der Waals surface area (Å²) in [5.41, 5.74) is 0. The van der Waals surface area contributed by atoms with Gasteiger partial charge in [0, 0.05) is 33.7 Å². The van der Waals surface area contributed by atoms with Crippen LogP contribution in [0.4, 0.5) is 0 Å². The van der Waals surface area contributed by atoms with E-state index in [9.17, 15) is 0 Å². The summed E-state index contributed by atoms with van der Waals surface area (Å²) >= 11 is 5.34. The predicted octanol–water partition coefficient (Wildman–Crippen LogP) is 3.26. The molecular weight excluding hydrogens is 322 g/mol. The third-order valence-corrected chi connectivity index (χ3v) is 4.52. The lowest BCUT2D eigenvalue weighted by Gasteiger charge is -2.26. The van der Waals surface area contributed by atoms with Gasteiger partial charge in [-0.3, -0.25) is 4.99 Å². The number of guanidine groups is 1. The zero-order chi connectivity index (χ0) is 13.7. The second kappa shape index (κ2) is 6.66. The standard InChI is InChI=1S/C14H20BrN3S/c1-14(2,10-18-13-16-8-3-9-17-13)19-12-6-4-11(15)5-7-12/h4-7H,3,8-10H2,1-2H3,(H2,16,17,18). The van der Waals surface area contributed by atoms with Gasteiger partial charge in [-0.2, -0.15) is 0 Å². The quantitative estimate of drug-likeness (QED) is 0.825. The number of hydrogen-bond acceptors (Lipinski definition) is 4. The first-order valence-electron chi connectivity index (χ1n) is 6.52. The van der Waals surface area contributed by atoms with Crippen molar-refractivity contribution in [2.45, 2.75) is 29.9 Å². The SMILES string of the molecule is CC(C)(CNC1=NCCCN1)Sc1ccc(Br)cc1. The molecule has 0 saturated carbocycles. The third-order valence-electron chi connectivity index (χ3n) is 2.79. The van der Waals surface area contributed by atoms with Crippen LogP contribution in [0.2, 0.25) is 0 Å². The van der Waals surface area contributed by atoms with Crippen molar-refractivity contribution in [1.29, 1.82) is 0 Å². The predicted molar refractivity (Wildman–Crippen MR) is 87.0 cm³/mol. The minimum absolute atomic E-state index is 0.121. The molecule has 5 heteroatoms. The van der Waals surface area contributed by atoms with Crippen molar-refractivity contribution in [3.05, 3.63) is 28.7 Å². The molecular formula is C14H20BrN3S. The highest BCUT2D eigenvalue weighted by Gasteiger charge is 2.20. The van der Waals surface area contributed by atoms with E-state index in [0.29, 0.717) is 0 Å². The van der Waals surface area contributed by atoms with Gasteiger partial charge in [0.1, 0.15) is 0 Å². The van der Waals surface area contributed by atoms with E-state index in [-0.39, 0.29) is 4.75 Å². The number of hydrogen-bond donors (Lipinski definition) is 2. The first-order valence-corrected chi connectivity index (χ1v) is 8.13. The molecule has 1 aliphatic rings. The van der Waals surface area contributed by atoms with Crippen molar-refractivity contribution in [3.63, 3.8) is 0 Å². The van der Waals surface area contributed by atoms with Gasteiger partial charge < -0.3 is 10.6 Å². The lowest BCUT2D eigenvalue weighted by molar-refractivity contribution is 0.642. The van der Waals surface area contributed by atoms with Gasteiger partial charge in [-0.05, 0) is 44.5 Å². The molecule has 0 unspecified atom stereocenters. The molecule has 0 bridgehead atoms. The van der Waals surface area contributed by atoms with Gasteiger partial charge in [0.05, 0.1) is 0 Å². The maximum atomic E-state index is 4.43. The summed E-state index contributed by atoms with van der Waals surface area (Å²) in [6.07, 6.45) is 1.13. The maximum Gasteiger partial charge on any atom is 0.191 e. The Labute approximate surface area is 127 Å². The number of nitrogens with zero attached hydrogens (tertiary/aromatic N) is 1. The Balaban J connectivity index is 1.87. The van der Waals surface area contributed by atoms with Crippen molar-refractivity contribution in [1.82, 2.24) is 10.6 Å². The molecule has 0 spiro atoms. The average molecular weight is 342 g/mol. The molecule has 104 valence electrons. The molecule has 0 atom stereocenters. The molecule has 0 aromatic heterocycles. The molecule has 0 amide bonds. The van der Waals surface area contributed by atoms with Crippen LogP contribution >= 0.6 is 27.7 Å². The van der Waals surface area contributed by atoms with Crippen LogP contribution < -0.4 is 10.6 Å². The first kappa shape index (κ1) is 14.7. The lowest BCUT2D eigenvalue weighted by atomic mass is 10.2. The van der Waals surface area contributed by atoms with Gasteiger partial charge in [0.2, 0.25) is 0 Å². The van der Waals surface area contributed by atoms with Crippen LogP contribution in [0.1, 0.15) is 20.3 Å². The van der Waals surface area contributed by atoms with E-state index in [1.807, 2.05) is 11.8 Å². The summed E-state index contributed by atoms with van der Waals surface area (Å²) in [5, 5.41) is 6.69. The number of benzene rings is 1. The smallest absolute Gasteiger partial charge is 0.191 e. The van der Waals surface area contributed by atoms with Crippen molar-refractivity contribution < 1.29 is 0 Å². The summed E-state index contributed by atoms with van der Waals surface area (Å²) in [6.45, 7) is 7.33. The van der Waals surface area contributed by atoms with Crippen molar-refractivity contribution in [2.75, 3.05) is 19.6 Å². The van der Waals surface area contributed by atoms with Gasteiger partial charge in [-0.15, -0.1) is 11.8 Å². The second-order valence-corrected chi connectivity index (χ2v) is 7.88. The van der Waals surface area contributed by atoms with E-state index in [1.165, 1.54) is 4.90 Å². The van der Waals surface area contributed by atoms with Gasteiger partial charge in [-0.25, -0.2) is 0 Å². The number of aliphatic imine (C=N–C) groups is 1. The van der Waals surface area contributed by atoms with Crippen molar-refractivity contribution >= 4 is 33.7 Å². The van der Waals surface area contributed by atoms with Gasteiger partial charge in [-0.1, -0.05) is 15.9 Å². The fourth-order valence-electron chi connectivity index (χ4n) is 1.81. The van der Waals surface area contributed by atoms with E-state index in [4.69, 9.17) is 0 Å². The topological polar surface area (TPSA) is 36.4 Å². The van der Waals surface area contributed by atoms with Crippen LogP contribution in [-0.4, -0.2) is 30.3 Å². The second-order valence-electron chi connectivity index (χ2n) is 5.18. The Morgan fingerprint density at radius 1 is 1.37 bits per heavy atom. The van der Waals surface area contributed by atoms with Crippen LogP contribution in [-0.2, 0) is 0 Å². The molecule has 0 fully saturated rings. The fourth-order valence-corrected chi connectivity index (χ4v) is 3.12. The maximum absolute atomic E-state index is 4.43. The molecule has 2 rings (SSSR count). The first-order chi connectivity index (χ1) is 9.05. The largest absolute Gasteiger partial charge is 0.356 e. The van der Waals surface area contributed by atoms with E-state index in [1.54, 1.807) is 0 Å². The summed E-state index contributed by atoms with van der Waals surface area (Å²) in [4.78, 5) is 5.72. The normalized spacial score (nSPS) is 15.6. The summed E-state index contributed by atoms with van der Waals surface area (Å²) in [6, 6.07) is 8.46. The highest BCUT2D eigenvalue weighted by molar-refractivity contribution is 9.10. The van der Waals surface area contributed by atoms with Crippen LogP contribution in [0.3, 0.4) is 0 Å². The average Bonchev–Trinajstić information content (AvgIpc) is 2.40. The third kappa shape index (κ3) is 5.07. The molecule has 3 nitrogen and oxygen atoms in total. The number of halogens is 1. The van der Waals surface area contributed by atoms with E-state index < -0.39 is 0 Å². The Bertz CT molecular complexity index is 443. The number of thioether (sulfide) groups is 1. The van der Waals surface area contributed by atoms with Crippen molar-refractivity contribution in [3.8, 4) is 0 Å². The number of rotatable bonds is 4. The van der Waals surface area contributed by atoms with E-state index in [2.05, 4.69) is 69.7 Å². The Morgan fingerprint density at radius 3 is 2.74 bits per heavy atom. The Kier molecular flexibility index (Phi) is 5.16. The van der Waals surface area contributed by atoms with E-state index in [0.717, 1.165) is 36.5 Å². The highest BCUT2D eigenvalue weighted by Crippen LogP contribution is 2.32. The fraction of sp³-hybridized carbons (Fsp3) is 0.500. The van der Waals surface area contributed by atoms with Gasteiger partial charge >= 0.3 is 0 Å². The molecule has 1 aliphatic heterocycles. The van der Waals surface area contributed by atoms with Crippen LogP contribution in [0.25, 0.3) is 0 Å². The Hall–Kier alpha value is -0.680. The van der Waals surface area contributed by atoms with Crippen LogP contribution in [0.15, 0.2) is 38.6 Å². The van der Waals surface area contributed by atoms with Crippen molar-refractivity contribution in [2.24, 2.45) is 4.99 Å². The highest BCUT2D eigenvalue weighted by atomic mass is 79.9. The molecule has 0 saturated heterocycles. The van der Waals surface area contributed by atoms with E-state index >= 15 is 0 Å². The summed E-state index contributed by atoms with van der Waals surface area (Å²) < 4.78 is 1.24. The molecule has 0 aliphatic carbocycles. The lowest BCUT2D eigenvalue weighted by Crippen LogP contribution is -2.45. The molecule has 1 aromatic carbocycles. The zero-order valence-corrected chi connectivity index (χ0v) is 13.8. The van der Waals surface area contributed by atoms with Gasteiger partial charge in [0.15, 0.2) is 5.96 Å². The molecule has 1 heterocycles. The minimum atomic E-state index is 0.121. The van der Waals surface area contributed by atoms with Gasteiger partial charge in [0.25, 0.3) is 0 Å². The minimum Gasteiger partial charge on any atom is -0.356 e. The molecule has 0 radical (unpaired) electrons. The number of nitrogens with one attached hydrogen (secondary N) is 2. The van der Waals surface area contributed by atoms with Crippen LogP contribution in [0.5, 0.6) is 0 Å². The summed E-state index contributed by atoms with van der Waals surface area (Å²) in [5.74, 6) is 0.940. The zero-order valence-electron chi connectivity index (χ0n) is 11.4. The van der Waals surface area contributed by atoms with Crippen LogP contribution in [0, 0.1) is 0 Å². The summed E-state index contributed by atoms with van der Waals surface area (Å²) in [7, 11) is 0. The molecule has 19 heavy (non-hydrogen) atoms. The molecule has 1 aromatic rings. The Morgan fingerprint density at radius 2 is 2.11 bits per heavy atom.